The number of carbonyl (C=O) groups is 1. The second-order valence-electron chi connectivity index (χ2n) is 6.76. The summed E-state index contributed by atoms with van der Waals surface area (Å²) in [5, 5.41) is 17.5. The van der Waals surface area contributed by atoms with Gasteiger partial charge in [-0.1, -0.05) is 17.3 Å². The molecule has 10 nitrogen and oxygen atoms in total. The monoisotopic (exact) mass is 390 g/mol. The van der Waals surface area contributed by atoms with Crippen LogP contribution in [0.25, 0.3) is 16.8 Å². The first-order valence-corrected chi connectivity index (χ1v) is 9.33. The molecule has 4 heterocycles. The maximum atomic E-state index is 12.7. The summed E-state index contributed by atoms with van der Waals surface area (Å²) >= 11 is 0. The SMILES string of the molecule is O=C(Cc1noc2ccccc12)N1CCN(c2ccc(-n3cncn3)nn2)CC1. The number of hydrogen-bond acceptors (Lipinski definition) is 8. The highest BCUT2D eigenvalue weighted by Crippen LogP contribution is 2.19. The van der Waals surface area contributed by atoms with E-state index in [4.69, 9.17) is 4.52 Å². The standard InChI is InChI=1S/C19H18N8O2/c28-19(11-15-14-3-1-2-4-16(14)29-24-15)26-9-7-25(8-10-26)17-5-6-18(23-22-17)27-13-20-12-21-27/h1-6,12-13H,7-11H2. The molecule has 0 bridgehead atoms. The van der Waals surface area contributed by atoms with E-state index >= 15 is 0 Å². The molecule has 0 spiro atoms. The van der Waals surface area contributed by atoms with Gasteiger partial charge in [-0.2, -0.15) is 5.10 Å². The third-order valence-corrected chi connectivity index (χ3v) is 5.02. The number of piperazine rings is 1. The van der Waals surface area contributed by atoms with Crippen LogP contribution in [0, 0.1) is 0 Å². The van der Waals surface area contributed by atoms with Gasteiger partial charge < -0.3 is 14.3 Å². The van der Waals surface area contributed by atoms with Crippen LogP contribution in [0.4, 0.5) is 5.82 Å². The normalized spacial score (nSPS) is 14.5. The van der Waals surface area contributed by atoms with E-state index in [1.54, 1.807) is 11.0 Å². The maximum Gasteiger partial charge on any atom is 0.228 e. The summed E-state index contributed by atoms with van der Waals surface area (Å²) in [6, 6.07) is 11.3. The molecule has 0 radical (unpaired) electrons. The zero-order valence-corrected chi connectivity index (χ0v) is 15.5. The number of para-hydroxylation sites is 1. The van der Waals surface area contributed by atoms with Crippen molar-refractivity contribution in [2.24, 2.45) is 0 Å². The van der Waals surface area contributed by atoms with Gasteiger partial charge in [0.2, 0.25) is 5.91 Å². The number of anilines is 1. The molecule has 1 amide bonds. The third kappa shape index (κ3) is 3.40. The summed E-state index contributed by atoms with van der Waals surface area (Å²) in [5.74, 6) is 1.44. The van der Waals surface area contributed by atoms with E-state index in [1.807, 2.05) is 41.3 Å². The van der Waals surface area contributed by atoms with Crippen molar-refractivity contribution >= 4 is 22.7 Å². The molecule has 0 saturated carbocycles. The van der Waals surface area contributed by atoms with Crippen LogP contribution in [0.2, 0.25) is 0 Å². The van der Waals surface area contributed by atoms with Gasteiger partial charge in [0.05, 0.1) is 6.42 Å². The summed E-state index contributed by atoms with van der Waals surface area (Å²) in [6.07, 6.45) is 3.27. The lowest BCUT2D eigenvalue weighted by Crippen LogP contribution is -2.49. The number of aromatic nitrogens is 6. The van der Waals surface area contributed by atoms with Crippen molar-refractivity contribution in [1.82, 2.24) is 35.0 Å². The van der Waals surface area contributed by atoms with Crippen LogP contribution in [-0.2, 0) is 11.2 Å². The summed E-state index contributed by atoms with van der Waals surface area (Å²) < 4.78 is 6.85. The summed E-state index contributed by atoms with van der Waals surface area (Å²) in [4.78, 5) is 20.6. The van der Waals surface area contributed by atoms with Crippen LogP contribution >= 0.6 is 0 Å². The minimum atomic E-state index is 0.0521. The molecule has 10 heteroatoms. The van der Waals surface area contributed by atoms with E-state index in [0.29, 0.717) is 43.3 Å². The van der Waals surface area contributed by atoms with E-state index in [2.05, 4.69) is 30.3 Å². The first-order chi connectivity index (χ1) is 14.3. The molecule has 1 aliphatic heterocycles. The second-order valence-corrected chi connectivity index (χ2v) is 6.76. The van der Waals surface area contributed by atoms with E-state index in [0.717, 1.165) is 11.2 Å². The molecule has 0 N–H and O–H groups in total. The molecule has 1 saturated heterocycles. The highest BCUT2D eigenvalue weighted by Gasteiger charge is 2.23. The molecule has 0 atom stereocenters. The van der Waals surface area contributed by atoms with Crippen molar-refractivity contribution < 1.29 is 9.32 Å². The first kappa shape index (κ1) is 17.3. The highest BCUT2D eigenvalue weighted by molar-refractivity contribution is 5.86. The van der Waals surface area contributed by atoms with Crippen LogP contribution in [0.3, 0.4) is 0 Å². The number of amides is 1. The smallest absolute Gasteiger partial charge is 0.228 e. The predicted molar refractivity (Wildman–Crippen MR) is 103 cm³/mol. The van der Waals surface area contributed by atoms with Gasteiger partial charge in [0.1, 0.15) is 18.3 Å². The Morgan fingerprint density at radius 2 is 1.79 bits per heavy atom. The van der Waals surface area contributed by atoms with Crippen LogP contribution in [0.15, 0.2) is 53.6 Å². The van der Waals surface area contributed by atoms with Crippen molar-refractivity contribution in [2.75, 3.05) is 31.1 Å². The quantitative estimate of drug-likeness (QED) is 0.510. The van der Waals surface area contributed by atoms with Gasteiger partial charge >= 0.3 is 0 Å². The Hall–Kier alpha value is -3.82. The fourth-order valence-electron chi connectivity index (χ4n) is 3.44. The number of fused-ring (bicyclic) bond motifs is 1. The molecule has 0 unspecified atom stereocenters. The zero-order valence-electron chi connectivity index (χ0n) is 15.5. The number of carbonyl (C=O) groups excluding carboxylic acids is 1. The molecule has 1 fully saturated rings. The molecule has 1 aromatic carbocycles. The van der Waals surface area contributed by atoms with Crippen molar-refractivity contribution in [3.05, 3.63) is 54.7 Å². The number of hydrogen-bond donors (Lipinski definition) is 0. The van der Waals surface area contributed by atoms with Gasteiger partial charge in [-0.05, 0) is 24.3 Å². The van der Waals surface area contributed by atoms with Crippen LogP contribution < -0.4 is 4.90 Å². The average Bonchev–Trinajstić information content (AvgIpc) is 3.45. The average molecular weight is 390 g/mol. The first-order valence-electron chi connectivity index (χ1n) is 9.33. The molecular weight excluding hydrogens is 372 g/mol. The Bertz CT molecular complexity index is 1110. The van der Waals surface area contributed by atoms with Crippen LogP contribution in [0.5, 0.6) is 0 Å². The van der Waals surface area contributed by atoms with Gasteiger partial charge in [0.25, 0.3) is 0 Å². The molecule has 4 aromatic rings. The Kier molecular flexibility index (Phi) is 4.35. The molecule has 1 aliphatic rings. The Morgan fingerprint density at radius 1 is 1.00 bits per heavy atom. The highest BCUT2D eigenvalue weighted by atomic mass is 16.5. The molecule has 0 aliphatic carbocycles. The van der Waals surface area contributed by atoms with Crippen LogP contribution in [-0.4, -0.2) is 67.1 Å². The van der Waals surface area contributed by atoms with E-state index in [1.165, 1.54) is 6.33 Å². The Morgan fingerprint density at radius 3 is 2.55 bits per heavy atom. The largest absolute Gasteiger partial charge is 0.356 e. The van der Waals surface area contributed by atoms with Gasteiger partial charge in [-0.15, -0.1) is 10.2 Å². The fourth-order valence-corrected chi connectivity index (χ4v) is 3.44. The number of benzene rings is 1. The van der Waals surface area contributed by atoms with E-state index < -0.39 is 0 Å². The Labute approximate surface area is 165 Å². The predicted octanol–water partition coefficient (Wildman–Crippen LogP) is 1.09. The zero-order chi connectivity index (χ0) is 19.6. The van der Waals surface area contributed by atoms with E-state index in [9.17, 15) is 4.79 Å². The minimum Gasteiger partial charge on any atom is -0.356 e. The van der Waals surface area contributed by atoms with Crippen LogP contribution in [0.1, 0.15) is 5.69 Å². The molecule has 5 rings (SSSR count). The van der Waals surface area contributed by atoms with Gasteiger partial charge in [-0.25, -0.2) is 9.67 Å². The van der Waals surface area contributed by atoms with Crippen molar-refractivity contribution in [3.8, 4) is 5.82 Å². The molecule has 146 valence electrons. The van der Waals surface area contributed by atoms with Crippen molar-refractivity contribution in [1.29, 1.82) is 0 Å². The third-order valence-electron chi connectivity index (χ3n) is 5.02. The summed E-state index contributed by atoms with van der Waals surface area (Å²) in [6.45, 7) is 2.65. The lowest BCUT2D eigenvalue weighted by molar-refractivity contribution is -0.130. The van der Waals surface area contributed by atoms with E-state index in [-0.39, 0.29) is 12.3 Å². The minimum absolute atomic E-state index is 0.0521. The summed E-state index contributed by atoms with van der Waals surface area (Å²) in [7, 11) is 0. The van der Waals surface area contributed by atoms with Crippen molar-refractivity contribution in [2.45, 2.75) is 6.42 Å². The summed E-state index contributed by atoms with van der Waals surface area (Å²) in [5.41, 5.74) is 1.38. The van der Waals surface area contributed by atoms with Crippen molar-refractivity contribution in [3.63, 3.8) is 0 Å². The lowest BCUT2D eigenvalue weighted by Gasteiger charge is -2.35. The van der Waals surface area contributed by atoms with Gasteiger partial charge in [0, 0.05) is 31.6 Å². The molecule has 3 aromatic heterocycles. The second kappa shape index (κ2) is 7.30. The number of nitrogens with zero attached hydrogens (tertiary/aromatic N) is 8. The maximum absolute atomic E-state index is 12.7. The molecular formula is C19H18N8O2. The molecule has 29 heavy (non-hydrogen) atoms. The lowest BCUT2D eigenvalue weighted by atomic mass is 10.1. The topological polar surface area (TPSA) is 106 Å². The fraction of sp³-hybridized carbons (Fsp3) is 0.263. The number of rotatable bonds is 4. The van der Waals surface area contributed by atoms with Gasteiger partial charge in [-0.3, -0.25) is 4.79 Å². The Balaban J connectivity index is 1.20. The van der Waals surface area contributed by atoms with Gasteiger partial charge in [0.15, 0.2) is 17.2 Å².